The summed E-state index contributed by atoms with van der Waals surface area (Å²) >= 11 is 0. The maximum Gasteiger partial charge on any atom is 0.148 e. The number of pyridine rings is 1. The Morgan fingerprint density at radius 3 is 2.70 bits per heavy atom. The van der Waals surface area contributed by atoms with E-state index in [1.54, 1.807) is 23.0 Å². The highest BCUT2D eigenvalue weighted by atomic mass is 19.1. The maximum absolute atomic E-state index is 14.3. The predicted octanol–water partition coefficient (Wildman–Crippen LogP) is 3.46. The van der Waals surface area contributed by atoms with E-state index in [1.165, 1.54) is 24.7 Å². The molecule has 0 fully saturated rings. The first-order valence-electron chi connectivity index (χ1n) is 10.6. The number of hydrogen-bond acceptors (Lipinski definition) is 7. The summed E-state index contributed by atoms with van der Waals surface area (Å²) in [6, 6.07) is 9.69. The molecule has 33 heavy (non-hydrogen) atoms. The Balaban J connectivity index is 1.71. The second kappa shape index (κ2) is 8.60. The van der Waals surface area contributed by atoms with Crippen molar-refractivity contribution < 1.29 is 9.50 Å². The number of aromatic nitrogens is 6. The summed E-state index contributed by atoms with van der Waals surface area (Å²) in [5, 5.41) is 34.9. The first-order chi connectivity index (χ1) is 15.7. The molecule has 0 spiro atoms. The molecule has 0 radical (unpaired) electrons. The summed E-state index contributed by atoms with van der Waals surface area (Å²) in [6.07, 6.45) is 3.36. The molecule has 0 aliphatic heterocycles. The standard InChI is InChI=1S/C23H25FN8O/c1-14(2)28-18-8-19(21-6-5-16-7-15(9-25)10-27-32(16)21)26-11-17(18)20-12-31(30-29-20)13-22(24)23(3,4)33/h5-8,10-12,14,22,33H,13H2,1-4H3,(H,26,28)/t22-/m1/s1. The van der Waals surface area contributed by atoms with Crippen LogP contribution in [0.2, 0.25) is 0 Å². The summed E-state index contributed by atoms with van der Waals surface area (Å²) < 4.78 is 17.4. The molecule has 0 aliphatic rings. The monoisotopic (exact) mass is 448 g/mol. The van der Waals surface area contributed by atoms with Crippen molar-refractivity contribution in [3.63, 3.8) is 0 Å². The Kier molecular flexibility index (Phi) is 5.82. The van der Waals surface area contributed by atoms with Crippen molar-refractivity contribution in [1.29, 1.82) is 5.26 Å². The fourth-order valence-electron chi connectivity index (χ4n) is 3.38. The van der Waals surface area contributed by atoms with Gasteiger partial charge in [0, 0.05) is 23.5 Å². The fourth-order valence-corrected chi connectivity index (χ4v) is 3.38. The zero-order chi connectivity index (χ0) is 23.8. The molecule has 0 unspecified atom stereocenters. The third-order valence-electron chi connectivity index (χ3n) is 5.17. The van der Waals surface area contributed by atoms with Gasteiger partial charge in [0.05, 0.1) is 47.0 Å². The maximum atomic E-state index is 14.3. The minimum absolute atomic E-state index is 0.110. The van der Waals surface area contributed by atoms with E-state index in [2.05, 4.69) is 31.8 Å². The second-order valence-corrected chi connectivity index (χ2v) is 8.77. The van der Waals surface area contributed by atoms with Crippen LogP contribution in [0.3, 0.4) is 0 Å². The van der Waals surface area contributed by atoms with Crippen LogP contribution in [0, 0.1) is 11.3 Å². The van der Waals surface area contributed by atoms with Crippen LogP contribution in [-0.2, 0) is 6.54 Å². The van der Waals surface area contributed by atoms with Crippen LogP contribution in [0.25, 0.3) is 28.2 Å². The SMILES string of the molecule is CC(C)Nc1cc(-c2ccc3cc(C#N)cnn23)ncc1-c1cn(C[C@@H](F)C(C)(C)O)nn1. The lowest BCUT2D eigenvalue weighted by Crippen LogP contribution is -2.35. The van der Waals surface area contributed by atoms with Crippen LogP contribution in [-0.4, -0.2) is 52.5 Å². The van der Waals surface area contributed by atoms with Crippen LogP contribution in [0.5, 0.6) is 0 Å². The Labute approximate surface area is 190 Å². The molecule has 170 valence electrons. The van der Waals surface area contributed by atoms with Crippen molar-refractivity contribution >= 4 is 11.2 Å². The molecule has 0 bridgehead atoms. The van der Waals surface area contributed by atoms with Crippen molar-refractivity contribution in [1.82, 2.24) is 29.6 Å². The van der Waals surface area contributed by atoms with Gasteiger partial charge < -0.3 is 10.4 Å². The number of aliphatic hydroxyl groups is 1. The van der Waals surface area contributed by atoms with Gasteiger partial charge in [0.15, 0.2) is 0 Å². The van der Waals surface area contributed by atoms with Gasteiger partial charge in [-0.15, -0.1) is 5.10 Å². The normalized spacial score (nSPS) is 12.8. The lowest BCUT2D eigenvalue weighted by Gasteiger charge is -2.21. The van der Waals surface area contributed by atoms with E-state index in [1.807, 2.05) is 32.0 Å². The van der Waals surface area contributed by atoms with Gasteiger partial charge in [-0.2, -0.15) is 10.4 Å². The average molecular weight is 449 g/mol. The van der Waals surface area contributed by atoms with E-state index in [4.69, 9.17) is 5.26 Å². The van der Waals surface area contributed by atoms with E-state index >= 15 is 0 Å². The number of alkyl halides is 1. The lowest BCUT2D eigenvalue weighted by molar-refractivity contribution is -0.0120. The topological polar surface area (TPSA) is 117 Å². The van der Waals surface area contributed by atoms with E-state index in [0.29, 0.717) is 17.0 Å². The fraction of sp³-hybridized carbons (Fsp3) is 0.348. The Bertz CT molecular complexity index is 1330. The summed E-state index contributed by atoms with van der Waals surface area (Å²) in [4.78, 5) is 4.61. The number of rotatable bonds is 7. The molecule has 4 aromatic heterocycles. The first-order valence-corrected chi connectivity index (χ1v) is 10.6. The number of halogens is 1. The number of fused-ring (bicyclic) bond motifs is 1. The van der Waals surface area contributed by atoms with Crippen molar-refractivity contribution in [3.8, 4) is 28.7 Å². The van der Waals surface area contributed by atoms with Crippen LogP contribution in [0.1, 0.15) is 33.3 Å². The van der Waals surface area contributed by atoms with Crippen LogP contribution < -0.4 is 5.32 Å². The summed E-state index contributed by atoms with van der Waals surface area (Å²) in [6.45, 7) is 6.78. The van der Waals surface area contributed by atoms with Crippen molar-refractivity contribution in [2.24, 2.45) is 0 Å². The number of nitriles is 1. The zero-order valence-corrected chi connectivity index (χ0v) is 18.9. The van der Waals surface area contributed by atoms with Crippen LogP contribution >= 0.6 is 0 Å². The van der Waals surface area contributed by atoms with Crippen LogP contribution in [0.15, 0.2) is 42.9 Å². The molecule has 0 aliphatic carbocycles. The Morgan fingerprint density at radius 2 is 2.00 bits per heavy atom. The lowest BCUT2D eigenvalue weighted by atomic mass is 10.0. The molecule has 2 N–H and O–H groups in total. The largest absolute Gasteiger partial charge is 0.387 e. The third-order valence-corrected chi connectivity index (χ3v) is 5.17. The predicted molar refractivity (Wildman–Crippen MR) is 122 cm³/mol. The van der Waals surface area contributed by atoms with E-state index in [0.717, 1.165) is 22.5 Å². The summed E-state index contributed by atoms with van der Waals surface area (Å²) in [7, 11) is 0. The van der Waals surface area contributed by atoms with Gasteiger partial charge in [-0.05, 0) is 52.0 Å². The molecular formula is C23H25FN8O. The van der Waals surface area contributed by atoms with E-state index in [-0.39, 0.29) is 12.6 Å². The molecule has 0 saturated carbocycles. The summed E-state index contributed by atoms with van der Waals surface area (Å²) in [5.41, 5.74) is 3.34. The van der Waals surface area contributed by atoms with Gasteiger partial charge in [0.25, 0.3) is 0 Å². The van der Waals surface area contributed by atoms with E-state index < -0.39 is 11.8 Å². The number of nitrogens with one attached hydrogen (secondary N) is 1. The van der Waals surface area contributed by atoms with Gasteiger partial charge in [-0.1, -0.05) is 5.21 Å². The van der Waals surface area contributed by atoms with Crippen LogP contribution in [0.4, 0.5) is 10.1 Å². The molecule has 4 heterocycles. The molecule has 10 heteroatoms. The van der Waals surface area contributed by atoms with Gasteiger partial charge in [-0.25, -0.2) is 13.6 Å². The highest BCUT2D eigenvalue weighted by Gasteiger charge is 2.27. The number of nitrogens with zero attached hydrogens (tertiary/aromatic N) is 7. The number of anilines is 1. The molecule has 0 aromatic carbocycles. The van der Waals surface area contributed by atoms with Crippen molar-refractivity contribution in [2.75, 3.05) is 5.32 Å². The number of hydrogen-bond donors (Lipinski definition) is 2. The molecule has 4 rings (SSSR count). The smallest absolute Gasteiger partial charge is 0.148 e. The molecule has 0 amide bonds. The molecule has 4 aromatic rings. The van der Waals surface area contributed by atoms with Gasteiger partial charge in [0.1, 0.15) is 17.9 Å². The van der Waals surface area contributed by atoms with Crippen molar-refractivity contribution in [2.45, 2.75) is 52.1 Å². The van der Waals surface area contributed by atoms with Gasteiger partial charge >= 0.3 is 0 Å². The second-order valence-electron chi connectivity index (χ2n) is 8.77. The van der Waals surface area contributed by atoms with Gasteiger partial charge in [-0.3, -0.25) is 4.98 Å². The average Bonchev–Trinajstić information content (AvgIpc) is 3.39. The van der Waals surface area contributed by atoms with E-state index in [9.17, 15) is 9.50 Å². The quantitative estimate of drug-likeness (QED) is 0.445. The Morgan fingerprint density at radius 1 is 1.21 bits per heavy atom. The highest BCUT2D eigenvalue weighted by Crippen LogP contribution is 2.31. The third kappa shape index (κ3) is 4.68. The van der Waals surface area contributed by atoms with Crippen molar-refractivity contribution in [3.05, 3.63) is 48.4 Å². The molecule has 9 nitrogen and oxygen atoms in total. The minimum atomic E-state index is -1.49. The zero-order valence-electron chi connectivity index (χ0n) is 18.9. The molecule has 1 atom stereocenters. The molecule has 0 saturated heterocycles. The van der Waals surface area contributed by atoms with Gasteiger partial charge in [0.2, 0.25) is 0 Å². The summed E-state index contributed by atoms with van der Waals surface area (Å²) in [5.74, 6) is 0. The molecular weight excluding hydrogens is 423 g/mol. The Hall–Kier alpha value is -3.84. The highest BCUT2D eigenvalue weighted by molar-refractivity contribution is 5.78. The minimum Gasteiger partial charge on any atom is -0.387 e. The first kappa shape index (κ1) is 22.4.